The van der Waals surface area contributed by atoms with Crippen molar-refractivity contribution in [3.8, 4) is 11.5 Å². The van der Waals surface area contributed by atoms with E-state index >= 15 is 0 Å². The summed E-state index contributed by atoms with van der Waals surface area (Å²) >= 11 is 0. The summed E-state index contributed by atoms with van der Waals surface area (Å²) in [5, 5.41) is 3.50. The first-order chi connectivity index (χ1) is 10.2. The quantitative estimate of drug-likeness (QED) is 0.918. The van der Waals surface area contributed by atoms with Gasteiger partial charge in [0.05, 0.1) is 14.2 Å². The topological polar surface area (TPSA) is 33.7 Å². The van der Waals surface area contributed by atoms with Gasteiger partial charge in [0, 0.05) is 19.6 Å². The number of rotatable bonds is 4. The average molecular weight is 290 g/mol. The van der Waals surface area contributed by atoms with Crippen molar-refractivity contribution in [3.05, 3.63) is 23.3 Å². The van der Waals surface area contributed by atoms with Crippen molar-refractivity contribution in [2.75, 3.05) is 40.4 Å². The van der Waals surface area contributed by atoms with E-state index in [0.717, 1.165) is 49.4 Å². The summed E-state index contributed by atoms with van der Waals surface area (Å²) in [5.41, 5.74) is 2.79. The van der Waals surface area contributed by atoms with Crippen molar-refractivity contribution in [3.63, 3.8) is 0 Å². The summed E-state index contributed by atoms with van der Waals surface area (Å²) in [5.74, 6) is 3.26. The Kier molecular flexibility index (Phi) is 4.36. The summed E-state index contributed by atoms with van der Waals surface area (Å²) in [4.78, 5) is 2.59. The van der Waals surface area contributed by atoms with E-state index in [0.29, 0.717) is 0 Å². The van der Waals surface area contributed by atoms with Crippen molar-refractivity contribution in [2.24, 2.45) is 11.8 Å². The summed E-state index contributed by atoms with van der Waals surface area (Å²) < 4.78 is 10.8. The molecule has 0 bridgehead atoms. The van der Waals surface area contributed by atoms with E-state index < -0.39 is 0 Å². The van der Waals surface area contributed by atoms with Gasteiger partial charge in [0.25, 0.3) is 0 Å². The number of methoxy groups -OCH3 is 2. The van der Waals surface area contributed by atoms with E-state index in [9.17, 15) is 0 Å². The Morgan fingerprint density at radius 3 is 2.48 bits per heavy atom. The highest BCUT2D eigenvalue weighted by Crippen LogP contribution is 2.33. The highest BCUT2D eigenvalue weighted by molar-refractivity contribution is 5.48. The lowest BCUT2D eigenvalue weighted by Gasteiger charge is -2.32. The van der Waals surface area contributed by atoms with Crippen LogP contribution in [0.15, 0.2) is 12.1 Å². The predicted molar refractivity (Wildman–Crippen MR) is 84.1 cm³/mol. The zero-order valence-corrected chi connectivity index (χ0v) is 13.3. The maximum absolute atomic E-state index is 5.43. The van der Waals surface area contributed by atoms with Gasteiger partial charge in [-0.3, -0.25) is 4.90 Å². The number of ether oxygens (including phenoxy) is 2. The van der Waals surface area contributed by atoms with Crippen LogP contribution in [-0.4, -0.2) is 45.3 Å². The molecule has 116 valence electrons. The second kappa shape index (κ2) is 6.24. The molecule has 1 fully saturated rings. The second-order valence-electron chi connectivity index (χ2n) is 6.36. The van der Waals surface area contributed by atoms with Gasteiger partial charge in [-0.15, -0.1) is 0 Å². The molecule has 1 aromatic rings. The van der Waals surface area contributed by atoms with Gasteiger partial charge < -0.3 is 14.8 Å². The van der Waals surface area contributed by atoms with Gasteiger partial charge in [-0.25, -0.2) is 0 Å². The van der Waals surface area contributed by atoms with Crippen LogP contribution in [0, 0.1) is 11.8 Å². The predicted octanol–water partition coefficient (Wildman–Crippen LogP) is 1.92. The maximum atomic E-state index is 5.43. The largest absolute Gasteiger partial charge is 0.493 e. The molecule has 2 aliphatic heterocycles. The Morgan fingerprint density at radius 1 is 1.14 bits per heavy atom. The Hall–Kier alpha value is -1.26. The fourth-order valence-corrected chi connectivity index (χ4v) is 3.54. The maximum Gasteiger partial charge on any atom is 0.161 e. The van der Waals surface area contributed by atoms with Crippen LogP contribution >= 0.6 is 0 Å². The molecule has 0 aromatic heterocycles. The van der Waals surface area contributed by atoms with Gasteiger partial charge >= 0.3 is 0 Å². The molecule has 4 heteroatoms. The van der Waals surface area contributed by atoms with E-state index in [1.165, 1.54) is 24.2 Å². The van der Waals surface area contributed by atoms with E-state index in [1.807, 2.05) is 0 Å². The number of nitrogens with one attached hydrogen (secondary N) is 1. The normalized spacial score (nSPS) is 25.7. The van der Waals surface area contributed by atoms with Gasteiger partial charge in [0.1, 0.15) is 0 Å². The molecule has 0 spiro atoms. The molecule has 3 rings (SSSR count). The number of hydrogen-bond acceptors (Lipinski definition) is 4. The highest BCUT2D eigenvalue weighted by atomic mass is 16.5. The molecular weight excluding hydrogens is 264 g/mol. The van der Waals surface area contributed by atoms with Crippen molar-refractivity contribution < 1.29 is 9.47 Å². The molecule has 0 unspecified atom stereocenters. The summed E-state index contributed by atoms with van der Waals surface area (Å²) in [6.45, 7) is 8.06. The lowest BCUT2D eigenvalue weighted by Crippen LogP contribution is -2.36. The van der Waals surface area contributed by atoms with E-state index in [1.54, 1.807) is 14.2 Å². The Morgan fingerprint density at radius 2 is 1.86 bits per heavy atom. The highest BCUT2D eigenvalue weighted by Gasteiger charge is 2.27. The molecule has 0 amide bonds. The van der Waals surface area contributed by atoms with E-state index in [2.05, 4.69) is 29.3 Å². The standard InChI is InChI=1S/C17H26N2O2/c1-12-8-18-9-15(12)11-19-5-4-13-6-16(20-2)17(21-3)7-14(13)10-19/h6-7,12,15,18H,4-5,8-11H2,1-3H3/t12-,15+/m1/s1. The second-order valence-corrected chi connectivity index (χ2v) is 6.36. The zero-order chi connectivity index (χ0) is 14.8. The molecule has 4 nitrogen and oxygen atoms in total. The number of hydrogen-bond donors (Lipinski definition) is 1. The molecular formula is C17H26N2O2. The molecule has 1 saturated heterocycles. The number of nitrogens with zero attached hydrogens (tertiary/aromatic N) is 1. The van der Waals surface area contributed by atoms with Crippen molar-refractivity contribution in [1.82, 2.24) is 10.2 Å². The summed E-state index contributed by atoms with van der Waals surface area (Å²) in [6.07, 6.45) is 1.10. The molecule has 21 heavy (non-hydrogen) atoms. The van der Waals surface area contributed by atoms with Crippen LogP contribution in [0.4, 0.5) is 0 Å². The minimum atomic E-state index is 0.784. The van der Waals surface area contributed by atoms with Crippen LogP contribution in [0.5, 0.6) is 11.5 Å². The molecule has 0 radical (unpaired) electrons. The smallest absolute Gasteiger partial charge is 0.161 e. The Bertz CT molecular complexity index is 504. The summed E-state index contributed by atoms with van der Waals surface area (Å²) in [7, 11) is 3.41. The monoisotopic (exact) mass is 290 g/mol. The molecule has 1 N–H and O–H groups in total. The van der Waals surface area contributed by atoms with Crippen molar-refractivity contribution in [2.45, 2.75) is 19.9 Å². The average Bonchev–Trinajstić information content (AvgIpc) is 2.91. The lowest BCUT2D eigenvalue weighted by molar-refractivity contribution is 0.202. The lowest BCUT2D eigenvalue weighted by atomic mass is 9.94. The van der Waals surface area contributed by atoms with Gasteiger partial charge in [-0.1, -0.05) is 6.92 Å². The summed E-state index contributed by atoms with van der Waals surface area (Å²) in [6, 6.07) is 4.29. The van der Waals surface area contributed by atoms with Crippen LogP contribution in [0.2, 0.25) is 0 Å². The molecule has 2 atom stereocenters. The van der Waals surface area contributed by atoms with Crippen LogP contribution in [0.3, 0.4) is 0 Å². The Labute approximate surface area is 127 Å². The molecule has 1 aromatic carbocycles. The first-order valence-corrected chi connectivity index (χ1v) is 7.88. The minimum absolute atomic E-state index is 0.784. The van der Waals surface area contributed by atoms with Gasteiger partial charge in [0.2, 0.25) is 0 Å². The number of fused-ring (bicyclic) bond motifs is 1. The Balaban J connectivity index is 1.72. The van der Waals surface area contributed by atoms with Crippen LogP contribution in [-0.2, 0) is 13.0 Å². The van der Waals surface area contributed by atoms with Crippen LogP contribution in [0.25, 0.3) is 0 Å². The fourth-order valence-electron chi connectivity index (χ4n) is 3.54. The fraction of sp³-hybridized carbons (Fsp3) is 0.647. The first kappa shape index (κ1) is 14.7. The van der Waals surface area contributed by atoms with E-state index in [-0.39, 0.29) is 0 Å². The SMILES string of the molecule is COc1cc2c(cc1OC)CN(C[C@@H]1CNC[C@H]1C)CC2. The third-order valence-electron chi connectivity index (χ3n) is 4.97. The van der Waals surface area contributed by atoms with Gasteiger partial charge in [-0.2, -0.15) is 0 Å². The molecule has 2 aliphatic rings. The van der Waals surface area contributed by atoms with Crippen LogP contribution in [0.1, 0.15) is 18.1 Å². The molecule has 0 aliphatic carbocycles. The molecule has 0 saturated carbocycles. The van der Waals surface area contributed by atoms with E-state index in [4.69, 9.17) is 9.47 Å². The van der Waals surface area contributed by atoms with Gasteiger partial charge in [0.15, 0.2) is 11.5 Å². The minimum Gasteiger partial charge on any atom is -0.493 e. The van der Waals surface area contributed by atoms with Crippen molar-refractivity contribution in [1.29, 1.82) is 0 Å². The van der Waals surface area contributed by atoms with Crippen molar-refractivity contribution >= 4 is 0 Å². The molecule has 2 heterocycles. The zero-order valence-electron chi connectivity index (χ0n) is 13.3. The third kappa shape index (κ3) is 3.01. The number of benzene rings is 1. The first-order valence-electron chi connectivity index (χ1n) is 7.88. The van der Waals surface area contributed by atoms with Crippen LogP contribution < -0.4 is 14.8 Å². The van der Waals surface area contributed by atoms with Gasteiger partial charge in [-0.05, 0) is 54.6 Å². The third-order valence-corrected chi connectivity index (χ3v) is 4.97.